The molecule has 0 amide bonds. The fourth-order valence-electron chi connectivity index (χ4n) is 2.73. The van der Waals surface area contributed by atoms with Crippen LogP contribution in [0.2, 0.25) is 0 Å². The highest BCUT2D eigenvalue weighted by atomic mass is 16.8. The van der Waals surface area contributed by atoms with Gasteiger partial charge < -0.3 is 23.7 Å². The molecular formula is C13H17N3O6. The summed E-state index contributed by atoms with van der Waals surface area (Å²) >= 11 is 0. The van der Waals surface area contributed by atoms with Crippen LogP contribution < -0.4 is 0 Å². The van der Waals surface area contributed by atoms with Crippen molar-refractivity contribution in [3.63, 3.8) is 0 Å². The molecule has 3 atom stereocenters. The van der Waals surface area contributed by atoms with Crippen LogP contribution in [-0.2, 0) is 28.5 Å². The van der Waals surface area contributed by atoms with Crippen molar-refractivity contribution in [1.82, 2.24) is 0 Å². The lowest BCUT2D eigenvalue weighted by Gasteiger charge is -2.31. The van der Waals surface area contributed by atoms with Crippen LogP contribution in [-0.4, -0.2) is 42.5 Å². The molecule has 0 N–H and O–H groups in total. The van der Waals surface area contributed by atoms with Crippen LogP contribution in [0.5, 0.6) is 0 Å². The van der Waals surface area contributed by atoms with E-state index in [-0.39, 0.29) is 18.1 Å². The molecule has 0 radical (unpaired) electrons. The third-order valence-electron chi connectivity index (χ3n) is 3.53. The molecule has 3 aliphatic heterocycles. The van der Waals surface area contributed by atoms with Crippen LogP contribution in [0, 0.1) is 0 Å². The molecule has 3 rings (SSSR count). The van der Waals surface area contributed by atoms with E-state index in [1.165, 1.54) is 0 Å². The maximum Gasteiger partial charge on any atom is 0.344 e. The average molecular weight is 311 g/mol. The molecule has 2 saturated heterocycles. The lowest BCUT2D eigenvalue weighted by Crippen LogP contribution is -2.47. The number of fused-ring (bicyclic) bond motifs is 1. The lowest BCUT2D eigenvalue weighted by molar-refractivity contribution is -0.193. The Morgan fingerprint density at radius 2 is 1.95 bits per heavy atom. The molecule has 3 heterocycles. The third kappa shape index (κ3) is 2.52. The first kappa shape index (κ1) is 15.1. The van der Waals surface area contributed by atoms with Gasteiger partial charge in [0.2, 0.25) is 5.79 Å². The summed E-state index contributed by atoms with van der Waals surface area (Å²) in [6, 6.07) is 0. The zero-order valence-electron chi connectivity index (χ0n) is 12.7. The normalized spacial score (nSPS) is 35.5. The zero-order valence-corrected chi connectivity index (χ0v) is 12.7. The fraction of sp³-hybridized carbons (Fsp3) is 0.769. The minimum absolute atomic E-state index is 0.178. The van der Waals surface area contributed by atoms with Crippen LogP contribution in [0.4, 0.5) is 0 Å². The smallest absolute Gasteiger partial charge is 0.344 e. The van der Waals surface area contributed by atoms with Crippen LogP contribution >= 0.6 is 0 Å². The Morgan fingerprint density at radius 1 is 1.23 bits per heavy atom. The molecule has 3 aliphatic rings. The molecule has 9 heteroatoms. The third-order valence-corrected chi connectivity index (χ3v) is 3.53. The van der Waals surface area contributed by atoms with Gasteiger partial charge in [0.1, 0.15) is 11.9 Å². The number of rotatable bonds is 2. The summed E-state index contributed by atoms with van der Waals surface area (Å²) in [5.74, 6) is -2.31. The summed E-state index contributed by atoms with van der Waals surface area (Å²) in [6.45, 7) is 7.20. The predicted octanol–water partition coefficient (Wildman–Crippen LogP) is 1.74. The van der Waals surface area contributed by atoms with Gasteiger partial charge in [0, 0.05) is 18.8 Å². The first-order valence-electron chi connectivity index (χ1n) is 6.91. The van der Waals surface area contributed by atoms with E-state index in [2.05, 4.69) is 10.0 Å². The number of nitrogens with zero attached hydrogens (tertiary/aromatic N) is 3. The molecule has 22 heavy (non-hydrogen) atoms. The Kier molecular flexibility index (Phi) is 3.33. The van der Waals surface area contributed by atoms with Crippen LogP contribution in [0.15, 0.2) is 16.6 Å². The van der Waals surface area contributed by atoms with Crippen LogP contribution in [0.1, 0.15) is 27.7 Å². The van der Waals surface area contributed by atoms with E-state index in [9.17, 15) is 4.79 Å². The second kappa shape index (κ2) is 4.85. The largest absolute Gasteiger partial charge is 0.464 e. The molecule has 0 aliphatic carbocycles. The Labute approximate surface area is 126 Å². The number of hydrogen-bond donors (Lipinski definition) is 0. The van der Waals surface area contributed by atoms with E-state index in [0.29, 0.717) is 0 Å². The second-order valence-corrected chi connectivity index (χ2v) is 6.18. The lowest BCUT2D eigenvalue weighted by atomic mass is 10.0. The van der Waals surface area contributed by atoms with E-state index in [0.717, 1.165) is 0 Å². The molecule has 0 aromatic carbocycles. The van der Waals surface area contributed by atoms with Gasteiger partial charge in [-0.1, -0.05) is 0 Å². The monoisotopic (exact) mass is 311 g/mol. The molecule has 1 unspecified atom stereocenters. The minimum atomic E-state index is -0.961. The predicted molar refractivity (Wildman–Crippen MR) is 71.0 cm³/mol. The summed E-state index contributed by atoms with van der Waals surface area (Å²) in [5, 5.41) is 3.37. The summed E-state index contributed by atoms with van der Waals surface area (Å²) in [7, 11) is 0. The van der Waals surface area contributed by atoms with Gasteiger partial charge >= 0.3 is 5.97 Å². The Balaban J connectivity index is 1.96. The van der Waals surface area contributed by atoms with Gasteiger partial charge in [-0.05, 0) is 24.5 Å². The topological polar surface area (TPSA) is 112 Å². The molecule has 120 valence electrons. The molecular weight excluding hydrogens is 294 g/mol. The molecule has 0 aromatic heterocycles. The quantitative estimate of drug-likeness (QED) is 0.332. The molecule has 9 nitrogen and oxygen atoms in total. The summed E-state index contributed by atoms with van der Waals surface area (Å²) < 4.78 is 28.0. The number of hydrogen-bond acceptors (Lipinski definition) is 7. The number of carbonyl (C=O) groups excluding carboxylic acids is 1. The molecule has 0 bridgehead atoms. The highest BCUT2D eigenvalue weighted by molar-refractivity contribution is 5.90. The van der Waals surface area contributed by atoms with Gasteiger partial charge in [0.05, 0.1) is 6.61 Å². The zero-order chi connectivity index (χ0) is 16.1. The van der Waals surface area contributed by atoms with Crippen molar-refractivity contribution in [1.29, 1.82) is 0 Å². The Bertz CT molecular complexity index is 593. The van der Waals surface area contributed by atoms with Gasteiger partial charge in [-0.25, -0.2) is 4.79 Å². The number of esters is 1. The van der Waals surface area contributed by atoms with E-state index in [4.69, 9.17) is 29.2 Å². The number of cyclic esters (lactones) is 1. The van der Waals surface area contributed by atoms with Crippen molar-refractivity contribution in [2.75, 3.05) is 6.61 Å². The minimum Gasteiger partial charge on any atom is -0.464 e. The van der Waals surface area contributed by atoms with Crippen molar-refractivity contribution in [3.8, 4) is 0 Å². The number of azide groups is 1. The average Bonchev–Trinajstić information content (AvgIpc) is 2.91. The van der Waals surface area contributed by atoms with Gasteiger partial charge in [0.15, 0.2) is 23.7 Å². The summed E-state index contributed by atoms with van der Waals surface area (Å²) in [5.41, 5.74) is 8.39. The fourth-order valence-corrected chi connectivity index (χ4v) is 2.73. The second-order valence-electron chi connectivity index (χ2n) is 6.18. The van der Waals surface area contributed by atoms with Gasteiger partial charge in [-0.2, -0.15) is 0 Å². The van der Waals surface area contributed by atoms with Gasteiger partial charge in [-0.3, -0.25) is 0 Å². The number of carbonyl (C=O) groups is 1. The van der Waals surface area contributed by atoms with Crippen molar-refractivity contribution in [3.05, 3.63) is 21.9 Å². The van der Waals surface area contributed by atoms with E-state index < -0.39 is 35.9 Å². The van der Waals surface area contributed by atoms with E-state index in [1.807, 2.05) is 0 Å². The Hall–Kier alpha value is -1.80. The summed E-state index contributed by atoms with van der Waals surface area (Å²) in [6.07, 6.45) is -1.93. The van der Waals surface area contributed by atoms with Crippen molar-refractivity contribution in [2.24, 2.45) is 5.11 Å². The van der Waals surface area contributed by atoms with E-state index in [1.54, 1.807) is 27.7 Å². The first-order chi connectivity index (χ1) is 10.2. The Morgan fingerprint density at radius 3 is 2.55 bits per heavy atom. The summed E-state index contributed by atoms with van der Waals surface area (Å²) in [4.78, 5) is 14.7. The van der Waals surface area contributed by atoms with Gasteiger partial charge in [-0.15, -0.1) is 0 Å². The maximum absolute atomic E-state index is 12.1. The van der Waals surface area contributed by atoms with Crippen LogP contribution in [0.3, 0.4) is 0 Å². The van der Waals surface area contributed by atoms with Crippen molar-refractivity contribution >= 4 is 5.97 Å². The first-order valence-corrected chi connectivity index (χ1v) is 6.91. The number of ether oxygens (including phenoxy) is 5. The van der Waals surface area contributed by atoms with Gasteiger partial charge in [0.25, 0.3) is 0 Å². The molecule has 0 spiro atoms. The highest BCUT2D eigenvalue weighted by Gasteiger charge is 2.54. The molecule has 0 aromatic rings. The van der Waals surface area contributed by atoms with Crippen molar-refractivity contribution in [2.45, 2.75) is 57.6 Å². The van der Waals surface area contributed by atoms with Crippen molar-refractivity contribution < 1.29 is 28.5 Å². The standard InChI is InChI=1S/C13H17N3O6/c1-12(2)18-5-6(20-12)8-10-9(21-13(3,4)22-10)7(15-16-14)11(17)19-8/h6,8,10H,5H2,1-4H3/t6?,8-,10-/m1/s1. The molecule has 2 fully saturated rings. The van der Waals surface area contributed by atoms with E-state index >= 15 is 0 Å². The molecule has 0 saturated carbocycles. The SMILES string of the molecule is CC1(C)OCC([C@H]2OC(=O)C(N=[N+]=[N-])=C3OC(C)(C)O[C@@H]32)O1. The van der Waals surface area contributed by atoms with Crippen LogP contribution in [0.25, 0.3) is 10.4 Å². The maximum atomic E-state index is 12.1. The highest BCUT2D eigenvalue weighted by Crippen LogP contribution is 2.41.